The standard InChI is InChI=1S/C20H19FN2O3/c1-12-13(19(25)26)7-8-15(22-12)18(24)23-11-20(9-2-3-10-20)17-14(21)5-4-6-16(17)23/h4-8H,2-3,9-11H2,1H3,(H,25,26). The third-order valence-corrected chi connectivity index (χ3v) is 5.61. The molecular weight excluding hydrogens is 335 g/mol. The molecule has 1 aromatic carbocycles. The number of halogens is 1. The summed E-state index contributed by atoms with van der Waals surface area (Å²) in [6.45, 7) is 2.01. The second-order valence-electron chi connectivity index (χ2n) is 7.15. The SMILES string of the molecule is Cc1nc(C(=O)N2CC3(CCCC3)c3c(F)cccc32)ccc1C(=O)O. The van der Waals surface area contributed by atoms with Gasteiger partial charge in [-0.1, -0.05) is 18.9 Å². The first-order valence-electron chi connectivity index (χ1n) is 8.75. The van der Waals surface area contributed by atoms with Crippen LogP contribution in [0.15, 0.2) is 30.3 Å². The van der Waals surface area contributed by atoms with Gasteiger partial charge in [0.05, 0.1) is 16.9 Å². The van der Waals surface area contributed by atoms with Crippen LogP contribution in [-0.4, -0.2) is 28.5 Å². The quantitative estimate of drug-likeness (QED) is 0.893. The van der Waals surface area contributed by atoms with E-state index in [1.54, 1.807) is 24.0 Å². The first kappa shape index (κ1) is 16.7. The number of benzene rings is 1. The van der Waals surface area contributed by atoms with Crippen molar-refractivity contribution < 1.29 is 19.1 Å². The summed E-state index contributed by atoms with van der Waals surface area (Å²) >= 11 is 0. The number of amides is 1. The predicted octanol–water partition coefficient (Wildman–Crippen LogP) is 3.70. The van der Waals surface area contributed by atoms with Crippen molar-refractivity contribution >= 4 is 17.6 Å². The Morgan fingerprint density at radius 1 is 1.19 bits per heavy atom. The Bertz CT molecular complexity index is 919. The van der Waals surface area contributed by atoms with E-state index >= 15 is 0 Å². The predicted molar refractivity (Wildman–Crippen MR) is 94.2 cm³/mol. The van der Waals surface area contributed by atoms with Crippen molar-refractivity contribution in [3.8, 4) is 0 Å². The van der Waals surface area contributed by atoms with Gasteiger partial charge in [0.1, 0.15) is 11.5 Å². The summed E-state index contributed by atoms with van der Waals surface area (Å²) in [7, 11) is 0. The molecule has 2 aliphatic rings. The highest BCUT2D eigenvalue weighted by atomic mass is 19.1. The van der Waals surface area contributed by atoms with E-state index < -0.39 is 5.97 Å². The average molecular weight is 354 g/mol. The van der Waals surface area contributed by atoms with Gasteiger partial charge in [0.15, 0.2) is 0 Å². The lowest BCUT2D eigenvalue weighted by atomic mass is 9.80. The summed E-state index contributed by atoms with van der Waals surface area (Å²) in [5, 5.41) is 9.13. The summed E-state index contributed by atoms with van der Waals surface area (Å²) in [4.78, 5) is 30.0. The lowest BCUT2D eigenvalue weighted by molar-refractivity contribution is 0.0695. The normalized spacial score (nSPS) is 17.5. The number of nitrogens with zero attached hydrogens (tertiary/aromatic N) is 2. The topological polar surface area (TPSA) is 70.5 Å². The molecule has 0 unspecified atom stereocenters. The number of hydrogen-bond donors (Lipinski definition) is 1. The Labute approximate surface area is 150 Å². The number of carboxylic acids is 1. The number of hydrogen-bond acceptors (Lipinski definition) is 3. The molecule has 1 N–H and O–H groups in total. The van der Waals surface area contributed by atoms with Gasteiger partial charge < -0.3 is 10.0 Å². The number of aryl methyl sites for hydroxylation is 1. The van der Waals surface area contributed by atoms with Crippen molar-refractivity contribution in [3.63, 3.8) is 0 Å². The third-order valence-electron chi connectivity index (χ3n) is 5.61. The molecule has 5 nitrogen and oxygen atoms in total. The zero-order valence-corrected chi connectivity index (χ0v) is 14.5. The molecule has 1 spiro atoms. The van der Waals surface area contributed by atoms with E-state index in [1.807, 2.05) is 0 Å². The average Bonchev–Trinajstić information content (AvgIpc) is 3.20. The Balaban J connectivity index is 1.75. The van der Waals surface area contributed by atoms with Gasteiger partial charge in [0, 0.05) is 17.5 Å². The summed E-state index contributed by atoms with van der Waals surface area (Å²) < 4.78 is 14.6. The number of carboxylic acid groups (broad SMARTS) is 1. The van der Waals surface area contributed by atoms with Crippen molar-refractivity contribution in [2.24, 2.45) is 0 Å². The lowest BCUT2D eigenvalue weighted by Gasteiger charge is -2.24. The molecule has 1 aliphatic heterocycles. The van der Waals surface area contributed by atoms with E-state index in [-0.39, 0.29) is 34.1 Å². The van der Waals surface area contributed by atoms with E-state index in [0.717, 1.165) is 25.7 Å². The van der Waals surface area contributed by atoms with Crippen LogP contribution in [0.5, 0.6) is 0 Å². The van der Waals surface area contributed by atoms with Gasteiger partial charge in [-0.3, -0.25) is 4.79 Å². The van der Waals surface area contributed by atoms with E-state index in [1.165, 1.54) is 18.2 Å². The van der Waals surface area contributed by atoms with Gasteiger partial charge in [0.25, 0.3) is 5.91 Å². The zero-order chi connectivity index (χ0) is 18.5. The number of aromatic nitrogens is 1. The minimum atomic E-state index is -1.08. The van der Waals surface area contributed by atoms with Crippen LogP contribution >= 0.6 is 0 Å². The number of carbonyl (C=O) groups is 2. The number of aromatic carboxylic acids is 1. The van der Waals surface area contributed by atoms with Crippen LogP contribution in [0.2, 0.25) is 0 Å². The van der Waals surface area contributed by atoms with Gasteiger partial charge >= 0.3 is 5.97 Å². The Morgan fingerprint density at radius 3 is 2.58 bits per heavy atom. The van der Waals surface area contributed by atoms with Gasteiger partial charge in [-0.2, -0.15) is 0 Å². The number of pyridine rings is 1. The summed E-state index contributed by atoms with van der Waals surface area (Å²) in [5.74, 6) is -1.65. The maximum Gasteiger partial charge on any atom is 0.337 e. The fourth-order valence-electron chi connectivity index (χ4n) is 4.42. The largest absolute Gasteiger partial charge is 0.478 e. The molecule has 0 atom stereocenters. The van der Waals surface area contributed by atoms with Crippen LogP contribution in [0.25, 0.3) is 0 Å². The van der Waals surface area contributed by atoms with E-state index in [2.05, 4.69) is 4.98 Å². The highest BCUT2D eigenvalue weighted by Gasteiger charge is 2.48. The maximum absolute atomic E-state index is 14.6. The zero-order valence-electron chi connectivity index (χ0n) is 14.5. The van der Waals surface area contributed by atoms with Crippen molar-refractivity contribution in [2.75, 3.05) is 11.4 Å². The number of rotatable bonds is 2. The van der Waals surface area contributed by atoms with Gasteiger partial charge in [-0.15, -0.1) is 0 Å². The fourth-order valence-corrected chi connectivity index (χ4v) is 4.42. The monoisotopic (exact) mass is 354 g/mol. The molecule has 2 aromatic rings. The Morgan fingerprint density at radius 2 is 1.92 bits per heavy atom. The van der Waals surface area contributed by atoms with Crippen molar-refractivity contribution in [2.45, 2.75) is 38.0 Å². The second-order valence-corrected chi connectivity index (χ2v) is 7.15. The maximum atomic E-state index is 14.6. The lowest BCUT2D eigenvalue weighted by Crippen LogP contribution is -2.36. The molecular formula is C20H19FN2O3. The molecule has 134 valence electrons. The van der Waals surface area contributed by atoms with Crippen LogP contribution in [0.4, 0.5) is 10.1 Å². The Kier molecular flexibility index (Phi) is 3.79. The summed E-state index contributed by atoms with van der Waals surface area (Å²) in [5.41, 5.74) is 1.48. The fraction of sp³-hybridized carbons (Fsp3) is 0.350. The van der Waals surface area contributed by atoms with Crippen LogP contribution in [0.1, 0.15) is 57.8 Å². The molecule has 0 bridgehead atoms. The third kappa shape index (κ3) is 2.40. The highest BCUT2D eigenvalue weighted by molar-refractivity contribution is 6.07. The summed E-state index contributed by atoms with van der Waals surface area (Å²) in [6.07, 6.45) is 3.80. The van der Waals surface area contributed by atoms with Crippen LogP contribution in [-0.2, 0) is 5.41 Å². The first-order chi connectivity index (χ1) is 12.4. The Hall–Kier alpha value is -2.76. The number of anilines is 1. The van der Waals surface area contributed by atoms with Gasteiger partial charge in [0.2, 0.25) is 0 Å². The molecule has 1 fully saturated rings. The smallest absolute Gasteiger partial charge is 0.337 e. The van der Waals surface area contributed by atoms with Gasteiger partial charge in [-0.25, -0.2) is 14.2 Å². The molecule has 1 amide bonds. The van der Waals surface area contributed by atoms with Crippen molar-refractivity contribution in [1.82, 2.24) is 4.98 Å². The van der Waals surface area contributed by atoms with Crippen LogP contribution in [0, 0.1) is 12.7 Å². The first-order valence-corrected chi connectivity index (χ1v) is 8.75. The molecule has 4 rings (SSSR count). The minimum absolute atomic E-state index is 0.0710. The van der Waals surface area contributed by atoms with E-state index in [0.29, 0.717) is 17.8 Å². The molecule has 1 aromatic heterocycles. The minimum Gasteiger partial charge on any atom is -0.478 e. The molecule has 1 saturated carbocycles. The van der Waals surface area contributed by atoms with Gasteiger partial charge in [-0.05, 0) is 44.0 Å². The summed E-state index contributed by atoms with van der Waals surface area (Å²) in [6, 6.07) is 7.68. The second kappa shape index (κ2) is 5.90. The van der Waals surface area contributed by atoms with Crippen molar-refractivity contribution in [1.29, 1.82) is 0 Å². The van der Waals surface area contributed by atoms with Crippen LogP contribution in [0.3, 0.4) is 0 Å². The molecule has 2 heterocycles. The highest BCUT2D eigenvalue weighted by Crippen LogP contribution is 2.51. The molecule has 0 radical (unpaired) electrons. The van der Waals surface area contributed by atoms with Crippen molar-refractivity contribution in [3.05, 3.63) is 58.7 Å². The molecule has 26 heavy (non-hydrogen) atoms. The molecule has 0 saturated heterocycles. The van der Waals surface area contributed by atoms with E-state index in [4.69, 9.17) is 5.11 Å². The molecule has 1 aliphatic carbocycles. The van der Waals surface area contributed by atoms with Crippen LogP contribution < -0.4 is 4.90 Å². The van der Waals surface area contributed by atoms with E-state index in [9.17, 15) is 14.0 Å². The number of fused-ring (bicyclic) bond motifs is 2. The number of carbonyl (C=O) groups excluding carboxylic acids is 1. The molecule has 6 heteroatoms.